The molecule has 0 radical (unpaired) electrons. The SMILES string of the molecule is COc1cc(/C=C(\COC(C)=O)[N+](=O)[O-])cc(OC)c1OC. The lowest BCUT2D eigenvalue weighted by atomic mass is 10.1. The van der Waals surface area contributed by atoms with Gasteiger partial charge in [-0.25, -0.2) is 0 Å². The van der Waals surface area contributed by atoms with Crippen LogP contribution < -0.4 is 14.2 Å². The van der Waals surface area contributed by atoms with Gasteiger partial charge in [0.1, 0.15) is 0 Å². The minimum atomic E-state index is -0.619. The number of methoxy groups -OCH3 is 3. The maximum atomic E-state index is 11.0. The minimum Gasteiger partial charge on any atom is -0.493 e. The zero-order valence-corrected chi connectivity index (χ0v) is 12.7. The first-order chi connectivity index (χ1) is 10.4. The fourth-order valence-electron chi connectivity index (χ4n) is 1.70. The van der Waals surface area contributed by atoms with Crippen LogP contribution in [0.1, 0.15) is 12.5 Å². The van der Waals surface area contributed by atoms with Crippen molar-refractivity contribution in [3.8, 4) is 17.2 Å². The predicted octanol–water partition coefficient (Wildman–Crippen LogP) is 1.89. The van der Waals surface area contributed by atoms with Gasteiger partial charge in [-0.15, -0.1) is 0 Å². The fraction of sp³-hybridized carbons (Fsp3) is 0.357. The number of rotatable bonds is 7. The summed E-state index contributed by atoms with van der Waals surface area (Å²) in [5.74, 6) is 0.508. The Balaban J connectivity index is 3.25. The van der Waals surface area contributed by atoms with E-state index in [9.17, 15) is 14.9 Å². The lowest BCUT2D eigenvalue weighted by molar-refractivity contribution is -0.428. The highest BCUT2D eigenvalue weighted by atomic mass is 16.6. The van der Waals surface area contributed by atoms with Gasteiger partial charge in [0.2, 0.25) is 5.75 Å². The molecule has 0 spiro atoms. The number of ether oxygens (including phenoxy) is 4. The van der Waals surface area contributed by atoms with E-state index in [1.807, 2.05) is 0 Å². The van der Waals surface area contributed by atoms with Crippen LogP contribution in [0, 0.1) is 10.1 Å². The van der Waals surface area contributed by atoms with Gasteiger partial charge in [0.25, 0.3) is 5.70 Å². The van der Waals surface area contributed by atoms with Crippen LogP contribution in [-0.4, -0.2) is 38.8 Å². The second-order valence-electron chi connectivity index (χ2n) is 4.13. The van der Waals surface area contributed by atoms with Crippen molar-refractivity contribution in [3.63, 3.8) is 0 Å². The third-order valence-electron chi connectivity index (χ3n) is 2.68. The van der Waals surface area contributed by atoms with E-state index in [0.29, 0.717) is 22.8 Å². The van der Waals surface area contributed by atoms with Gasteiger partial charge in [-0.3, -0.25) is 14.9 Å². The van der Waals surface area contributed by atoms with E-state index in [2.05, 4.69) is 4.74 Å². The molecule has 0 fully saturated rings. The number of hydrogen-bond donors (Lipinski definition) is 0. The van der Waals surface area contributed by atoms with Gasteiger partial charge in [0.05, 0.1) is 26.3 Å². The van der Waals surface area contributed by atoms with Crippen LogP contribution in [0.4, 0.5) is 0 Å². The average molecular weight is 311 g/mol. The van der Waals surface area contributed by atoms with E-state index in [-0.39, 0.29) is 5.70 Å². The Kier molecular flexibility index (Phi) is 6.18. The molecule has 120 valence electrons. The topological polar surface area (TPSA) is 97.1 Å². The fourth-order valence-corrected chi connectivity index (χ4v) is 1.70. The summed E-state index contributed by atoms with van der Waals surface area (Å²) in [7, 11) is 4.34. The maximum absolute atomic E-state index is 11.0. The monoisotopic (exact) mass is 311 g/mol. The first kappa shape index (κ1) is 17.3. The quantitative estimate of drug-likeness (QED) is 0.431. The lowest BCUT2D eigenvalue weighted by Crippen LogP contribution is -2.09. The van der Waals surface area contributed by atoms with Gasteiger partial charge in [-0.1, -0.05) is 0 Å². The van der Waals surface area contributed by atoms with Gasteiger partial charge in [-0.2, -0.15) is 0 Å². The van der Waals surface area contributed by atoms with Crippen molar-refractivity contribution in [2.24, 2.45) is 0 Å². The lowest BCUT2D eigenvalue weighted by Gasteiger charge is -2.12. The zero-order valence-electron chi connectivity index (χ0n) is 12.7. The van der Waals surface area contributed by atoms with E-state index in [0.717, 1.165) is 0 Å². The first-order valence-electron chi connectivity index (χ1n) is 6.21. The van der Waals surface area contributed by atoms with Crippen LogP contribution >= 0.6 is 0 Å². The summed E-state index contributed by atoms with van der Waals surface area (Å²) >= 11 is 0. The molecule has 0 aliphatic heterocycles. The largest absolute Gasteiger partial charge is 0.493 e. The molecule has 0 aromatic heterocycles. The second kappa shape index (κ2) is 7.87. The molecular formula is C14H17NO7. The van der Waals surface area contributed by atoms with Crippen molar-refractivity contribution >= 4 is 12.0 Å². The molecule has 0 saturated carbocycles. The van der Waals surface area contributed by atoms with Crippen molar-refractivity contribution in [2.45, 2.75) is 6.92 Å². The molecule has 0 heterocycles. The highest BCUT2D eigenvalue weighted by Crippen LogP contribution is 2.38. The molecule has 1 aromatic rings. The normalized spacial score (nSPS) is 10.8. The molecule has 0 N–H and O–H groups in total. The standard InChI is InChI=1S/C14H17NO7/c1-9(16)22-8-11(15(17)18)5-10-6-12(19-2)14(21-4)13(7-10)20-3/h5-7H,8H2,1-4H3/b11-5+. The predicted molar refractivity (Wildman–Crippen MR) is 77.7 cm³/mol. The molecule has 22 heavy (non-hydrogen) atoms. The number of carbonyl (C=O) groups is 1. The molecule has 0 unspecified atom stereocenters. The maximum Gasteiger partial charge on any atom is 0.303 e. The van der Waals surface area contributed by atoms with E-state index in [1.54, 1.807) is 12.1 Å². The Morgan fingerprint density at radius 2 is 1.73 bits per heavy atom. The van der Waals surface area contributed by atoms with Crippen LogP contribution in [0.5, 0.6) is 17.2 Å². The van der Waals surface area contributed by atoms with E-state index in [4.69, 9.17) is 14.2 Å². The summed E-state index contributed by atoms with van der Waals surface area (Å²) in [4.78, 5) is 21.2. The van der Waals surface area contributed by atoms with Gasteiger partial charge in [-0.05, 0) is 17.7 Å². The highest BCUT2D eigenvalue weighted by molar-refractivity contribution is 5.67. The van der Waals surface area contributed by atoms with E-state index < -0.39 is 17.5 Å². The van der Waals surface area contributed by atoms with Crippen LogP contribution in [0.3, 0.4) is 0 Å². The number of esters is 1. The zero-order chi connectivity index (χ0) is 16.7. The molecule has 1 aromatic carbocycles. The molecule has 1 rings (SSSR count). The van der Waals surface area contributed by atoms with E-state index in [1.165, 1.54) is 34.3 Å². The molecular weight excluding hydrogens is 294 g/mol. The molecule has 0 bridgehead atoms. The molecule has 8 nitrogen and oxygen atoms in total. The first-order valence-corrected chi connectivity index (χ1v) is 6.21. The number of hydrogen-bond acceptors (Lipinski definition) is 7. The third-order valence-corrected chi connectivity index (χ3v) is 2.68. The van der Waals surface area contributed by atoms with Crippen LogP contribution in [0.15, 0.2) is 17.8 Å². The van der Waals surface area contributed by atoms with E-state index >= 15 is 0 Å². The molecule has 0 amide bonds. The number of nitro groups is 1. The highest BCUT2D eigenvalue weighted by Gasteiger charge is 2.16. The van der Waals surface area contributed by atoms with Crippen molar-refractivity contribution in [2.75, 3.05) is 27.9 Å². The Bertz CT molecular complexity index is 570. The molecule has 0 atom stereocenters. The second-order valence-corrected chi connectivity index (χ2v) is 4.13. The van der Waals surface area contributed by atoms with Crippen LogP contribution in [0.2, 0.25) is 0 Å². The smallest absolute Gasteiger partial charge is 0.303 e. The summed E-state index contributed by atoms with van der Waals surface area (Å²) in [6, 6.07) is 3.11. The number of benzene rings is 1. The summed E-state index contributed by atoms with van der Waals surface area (Å²) < 4.78 is 20.2. The third kappa shape index (κ3) is 4.37. The molecule has 8 heteroatoms. The average Bonchev–Trinajstić information content (AvgIpc) is 2.49. The Hall–Kier alpha value is -2.77. The van der Waals surface area contributed by atoms with Crippen molar-refractivity contribution in [1.29, 1.82) is 0 Å². The summed E-state index contributed by atoms with van der Waals surface area (Å²) in [5.41, 5.74) is 0.179. The van der Waals surface area contributed by atoms with Crippen LogP contribution in [0.25, 0.3) is 6.08 Å². The summed E-state index contributed by atoms with van der Waals surface area (Å²) in [6.45, 7) is 0.746. The summed E-state index contributed by atoms with van der Waals surface area (Å²) in [5, 5.41) is 11.0. The van der Waals surface area contributed by atoms with Gasteiger partial charge < -0.3 is 18.9 Å². The Morgan fingerprint density at radius 1 is 1.18 bits per heavy atom. The van der Waals surface area contributed by atoms with Gasteiger partial charge in [0.15, 0.2) is 18.1 Å². The van der Waals surface area contributed by atoms with Crippen molar-refractivity contribution in [3.05, 3.63) is 33.5 Å². The minimum absolute atomic E-state index is 0.274. The Morgan fingerprint density at radius 3 is 2.09 bits per heavy atom. The van der Waals surface area contributed by atoms with Crippen molar-refractivity contribution < 1.29 is 28.7 Å². The molecule has 0 aliphatic carbocycles. The number of carbonyl (C=O) groups excluding carboxylic acids is 1. The van der Waals surface area contributed by atoms with Crippen LogP contribution in [-0.2, 0) is 9.53 Å². The molecule has 0 aliphatic rings. The van der Waals surface area contributed by atoms with Gasteiger partial charge >= 0.3 is 5.97 Å². The Labute approximate surface area is 127 Å². The summed E-state index contributed by atoms with van der Waals surface area (Å²) in [6.07, 6.45) is 1.27. The molecule has 0 saturated heterocycles. The number of nitrogens with zero attached hydrogens (tertiary/aromatic N) is 1. The van der Waals surface area contributed by atoms with Crippen molar-refractivity contribution in [1.82, 2.24) is 0 Å². The van der Waals surface area contributed by atoms with Gasteiger partial charge in [0, 0.05) is 13.0 Å².